The number of ether oxygens (including phenoxy) is 1. The quantitative estimate of drug-likeness (QED) is 0.683. The van der Waals surface area contributed by atoms with E-state index in [1.165, 1.54) is 5.56 Å². The van der Waals surface area contributed by atoms with Gasteiger partial charge in [0.1, 0.15) is 0 Å². The van der Waals surface area contributed by atoms with Crippen molar-refractivity contribution >= 4 is 0 Å². The minimum Gasteiger partial charge on any atom is -0.395 e. The maximum absolute atomic E-state index is 9.86. The Morgan fingerprint density at radius 2 is 1.95 bits per heavy atom. The Hall–Kier alpha value is -0.900. The van der Waals surface area contributed by atoms with Gasteiger partial charge >= 0.3 is 0 Å². The number of rotatable bonds is 9. The first-order chi connectivity index (χ1) is 9.55. The molecule has 3 heteroatoms. The van der Waals surface area contributed by atoms with Gasteiger partial charge in [-0.3, -0.25) is 0 Å². The van der Waals surface area contributed by atoms with E-state index in [0.29, 0.717) is 19.1 Å². The lowest BCUT2D eigenvalue weighted by Gasteiger charge is -2.32. The van der Waals surface area contributed by atoms with Crippen LogP contribution >= 0.6 is 0 Å². The molecule has 0 heterocycles. The Balaban J connectivity index is 2.66. The first kappa shape index (κ1) is 17.2. The monoisotopic (exact) mass is 279 g/mol. The topological polar surface area (TPSA) is 55.5 Å². The van der Waals surface area contributed by atoms with Crippen LogP contribution < -0.4 is 5.73 Å². The van der Waals surface area contributed by atoms with Gasteiger partial charge in [-0.2, -0.15) is 0 Å². The fourth-order valence-electron chi connectivity index (χ4n) is 2.43. The number of aliphatic hydroxyl groups excluding tert-OH is 1. The molecule has 0 aromatic heterocycles. The largest absolute Gasteiger partial charge is 0.395 e. The molecule has 1 atom stereocenters. The lowest BCUT2D eigenvalue weighted by atomic mass is 9.76. The van der Waals surface area contributed by atoms with E-state index in [-0.39, 0.29) is 12.0 Å². The minimum atomic E-state index is -0.386. The van der Waals surface area contributed by atoms with Crippen molar-refractivity contribution < 1.29 is 9.84 Å². The first-order valence-electron chi connectivity index (χ1n) is 7.50. The van der Waals surface area contributed by atoms with Crippen LogP contribution in [-0.4, -0.2) is 31.5 Å². The molecule has 0 aliphatic carbocycles. The molecule has 0 spiro atoms. The van der Waals surface area contributed by atoms with Crippen LogP contribution in [-0.2, 0) is 10.2 Å². The minimum absolute atomic E-state index is 0.0574. The third-order valence-electron chi connectivity index (χ3n) is 3.97. The summed E-state index contributed by atoms with van der Waals surface area (Å²) in [4.78, 5) is 0. The Morgan fingerprint density at radius 3 is 2.50 bits per heavy atom. The van der Waals surface area contributed by atoms with Crippen molar-refractivity contribution in [3.8, 4) is 0 Å². The highest BCUT2D eigenvalue weighted by Gasteiger charge is 2.31. The molecule has 3 N–H and O–H groups in total. The number of nitrogens with two attached hydrogens (primary N) is 1. The zero-order valence-corrected chi connectivity index (χ0v) is 13.1. The lowest BCUT2D eigenvalue weighted by Crippen LogP contribution is -2.40. The van der Waals surface area contributed by atoms with Crippen molar-refractivity contribution in [2.45, 2.75) is 39.0 Å². The van der Waals surface area contributed by atoms with Gasteiger partial charge in [-0.1, -0.05) is 38.1 Å². The van der Waals surface area contributed by atoms with Crippen LogP contribution in [0.1, 0.15) is 37.8 Å². The first-order valence-corrected chi connectivity index (χ1v) is 7.50. The van der Waals surface area contributed by atoms with Crippen LogP contribution in [0, 0.1) is 12.8 Å². The van der Waals surface area contributed by atoms with E-state index in [9.17, 15) is 5.11 Å². The number of benzene rings is 1. The Kier molecular flexibility index (Phi) is 7.20. The average Bonchev–Trinajstić information content (AvgIpc) is 2.44. The molecule has 0 radical (unpaired) electrons. The predicted molar refractivity (Wildman–Crippen MR) is 83.9 cm³/mol. The molecule has 0 saturated heterocycles. The van der Waals surface area contributed by atoms with Gasteiger partial charge in [0.15, 0.2) is 0 Å². The molecule has 20 heavy (non-hydrogen) atoms. The number of hydrogen-bond acceptors (Lipinski definition) is 3. The molecule has 1 aromatic carbocycles. The summed E-state index contributed by atoms with van der Waals surface area (Å²) in [6.45, 7) is 8.35. The van der Waals surface area contributed by atoms with Gasteiger partial charge in [0.05, 0.1) is 6.61 Å². The van der Waals surface area contributed by atoms with Crippen LogP contribution in [0.25, 0.3) is 0 Å². The van der Waals surface area contributed by atoms with Crippen LogP contribution in [0.15, 0.2) is 24.3 Å². The second-order valence-corrected chi connectivity index (χ2v) is 6.00. The van der Waals surface area contributed by atoms with Gasteiger partial charge in [-0.15, -0.1) is 0 Å². The Morgan fingerprint density at radius 1 is 1.25 bits per heavy atom. The van der Waals surface area contributed by atoms with E-state index in [4.69, 9.17) is 10.5 Å². The molecule has 0 amide bonds. The predicted octanol–water partition coefficient (Wildman–Crippen LogP) is 2.64. The number of aliphatic hydroxyl groups is 1. The lowest BCUT2D eigenvalue weighted by molar-refractivity contribution is 0.0882. The van der Waals surface area contributed by atoms with Crippen LogP contribution in [0.5, 0.6) is 0 Å². The Bertz CT molecular complexity index is 386. The summed E-state index contributed by atoms with van der Waals surface area (Å²) < 4.78 is 5.70. The van der Waals surface area contributed by atoms with Crippen molar-refractivity contribution in [1.29, 1.82) is 0 Å². The second-order valence-electron chi connectivity index (χ2n) is 6.00. The zero-order valence-electron chi connectivity index (χ0n) is 13.1. The van der Waals surface area contributed by atoms with E-state index in [0.717, 1.165) is 25.0 Å². The normalized spacial score (nSPS) is 14.5. The molecular weight excluding hydrogens is 250 g/mol. The number of aryl methyl sites for hydroxylation is 1. The smallest absolute Gasteiger partial charge is 0.0541 e. The summed E-state index contributed by atoms with van der Waals surface area (Å²) in [7, 11) is 0. The van der Waals surface area contributed by atoms with Crippen LogP contribution in [0.2, 0.25) is 0 Å². The summed E-state index contributed by atoms with van der Waals surface area (Å²) >= 11 is 0. The third kappa shape index (κ3) is 4.58. The highest BCUT2D eigenvalue weighted by Crippen LogP contribution is 2.29. The summed E-state index contributed by atoms with van der Waals surface area (Å²) in [6, 6.07) is 8.14. The van der Waals surface area contributed by atoms with Crippen molar-refractivity contribution in [1.82, 2.24) is 0 Å². The fraction of sp³-hybridized carbons (Fsp3) is 0.647. The van der Waals surface area contributed by atoms with Gasteiger partial charge in [-0.05, 0) is 36.8 Å². The highest BCUT2D eigenvalue weighted by molar-refractivity contribution is 5.34. The zero-order chi connectivity index (χ0) is 15.0. The van der Waals surface area contributed by atoms with Crippen molar-refractivity contribution in [3.05, 3.63) is 35.4 Å². The van der Waals surface area contributed by atoms with Crippen LogP contribution in [0.3, 0.4) is 0 Å². The van der Waals surface area contributed by atoms with Crippen LogP contribution in [0.4, 0.5) is 0 Å². The van der Waals surface area contributed by atoms with Gasteiger partial charge < -0.3 is 15.6 Å². The maximum Gasteiger partial charge on any atom is 0.0541 e. The fourth-order valence-corrected chi connectivity index (χ4v) is 2.43. The van der Waals surface area contributed by atoms with Gasteiger partial charge in [0.25, 0.3) is 0 Å². The standard InChI is InChI=1S/C17H29NO2/c1-14(2)8-10-20-11-9-17(12-18,13-19)16-7-5-4-6-15(16)3/h4-7,14,19H,8-13,18H2,1-3H3. The molecular formula is C17H29NO2. The highest BCUT2D eigenvalue weighted by atomic mass is 16.5. The summed E-state index contributed by atoms with van der Waals surface area (Å²) in [5.41, 5.74) is 7.89. The van der Waals surface area contributed by atoms with E-state index in [2.05, 4.69) is 32.9 Å². The van der Waals surface area contributed by atoms with E-state index < -0.39 is 0 Å². The molecule has 1 rings (SSSR count). The van der Waals surface area contributed by atoms with E-state index in [1.54, 1.807) is 0 Å². The van der Waals surface area contributed by atoms with Crippen molar-refractivity contribution in [3.63, 3.8) is 0 Å². The van der Waals surface area contributed by atoms with Gasteiger partial charge in [-0.25, -0.2) is 0 Å². The summed E-state index contributed by atoms with van der Waals surface area (Å²) in [6.07, 6.45) is 1.82. The Labute approximate surface area is 123 Å². The molecule has 0 bridgehead atoms. The van der Waals surface area contributed by atoms with Crippen molar-refractivity contribution in [2.24, 2.45) is 11.7 Å². The second kappa shape index (κ2) is 8.40. The van der Waals surface area contributed by atoms with Gasteiger partial charge in [0, 0.05) is 25.2 Å². The molecule has 0 fully saturated rings. The SMILES string of the molecule is Cc1ccccc1C(CN)(CO)CCOCCC(C)C. The molecule has 0 aliphatic rings. The maximum atomic E-state index is 9.86. The summed E-state index contributed by atoms with van der Waals surface area (Å²) in [5, 5.41) is 9.86. The molecule has 3 nitrogen and oxygen atoms in total. The molecule has 1 aromatic rings. The average molecular weight is 279 g/mol. The number of hydrogen-bond donors (Lipinski definition) is 2. The van der Waals surface area contributed by atoms with Crippen molar-refractivity contribution in [2.75, 3.05) is 26.4 Å². The molecule has 114 valence electrons. The molecule has 0 saturated carbocycles. The summed E-state index contributed by atoms with van der Waals surface area (Å²) in [5.74, 6) is 0.656. The van der Waals surface area contributed by atoms with Gasteiger partial charge in [0.2, 0.25) is 0 Å². The molecule has 0 aliphatic heterocycles. The van der Waals surface area contributed by atoms with E-state index in [1.807, 2.05) is 12.1 Å². The molecule has 1 unspecified atom stereocenters. The third-order valence-corrected chi connectivity index (χ3v) is 3.97. The van der Waals surface area contributed by atoms with E-state index >= 15 is 0 Å².